The normalized spacial score (nSPS) is 10.2. The monoisotopic (exact) mass is 147 g/mol. The molecule has 56 valence electrons. The molecule has 0 saturated carbocycles. The van der Waals surface area contributed by atoms with E-state index in [4.69, 9.17) is 0 Å². The molecule has 2 aromatic heterocycles. The van der Waals surface area contributed by atoms with Crippen LogP contribution in [0.5, 0.6) is 0 Å². The fourth-order valence-corrected chi connectivity index (χ4v) is 1.05. The van der Waals surface area contributed by atoms with E-state index < -0.39 is 0 Å². The number of H-pyrrole nitrogens is 1. The zero-order valence-corrected chi connectivity index (χ0v) is 6.07. The maximum Gasteiger partial charge on any atom is 0.0949 e. The Morgan fingerprint density at radius 2 is 2.55 bits per heavy atom. The number of hydrogen-bond donors (Lipinski definition) is 1. The maximum atomic E-state index is 3.96. The quantitative estimate of drug-likeness (QED) is 0.681. The number of rotatable bonds is 2. The van der Waals surface area contributed by atoms with Crippen LogP contribution in [0.15, 0.2) is 37.2 Å². The van der Waals surface area contributed by atoms with Crippen LogP contribution in [0.25, 0.3) is 0 Å². The van der Waals surface area contributed by atoms with Crippen LogP contribution < -0.4 is 0 Å². The summed E-state index contributed by atoms with van der Waals surface area (Å²) in [5, 5.41) is 0. The van der Waals surface area contributed by atoms with Gasteiger partial charge in [0.25, 0.3) is 0 Å². The molecule has 1 N–H and O–H groups in total. The van der Waals surface area contributed by atoms with Gasteiger partial charge in [0.15, 0.2) is 0 Å². The lowest BCUT2D eigenvalue weighted by molar-refractivity contribution is 0.798. The summed E-state index contributed by atoms with van der Waals surface area (Å²) >= 11 is 0. The Morgan fingerprint density at radius 3 is 3.18 bits per heavy atom. The minimum atomic E-state index is 0.892. The van der Waals surface area contributed by atoms with Gasteiger partial charge in [-0.2, -0.15) is 0 Å². The molecule has 3 nitrogen and oxygen atoms in total. The van der Waals surface area contributed by atoms with Gasteiger partial charge in [0.1, 0.15) is 0 Å². The maximum absolute atomic E-state index is 3.96. The minimum absolute atomic E-state index is 0.892. The van der Waals surface area contributed by atoms with Gasteiger partial charge in [-0.25, -0.2) is 4.98 Å². The molecule has 2 aromatic rings. The Morgan fingerprint density at radius 1 is 1.55 bits per heavy atom. The molecular weight excluding hydrogens is 138 g/mol. The first kappa shape index (κ1) is 6.22. The number of imidazole rings is 1. The van der Waals surface area contributed by atoms with Crippen LogP contribution in [0.4, 0.5) is 0 Å². The Hall–Kier alpha value is -1.51. The van der Waals surface area contributed by atoms with E-state index in [1.807, 2.05) is 29.5 Å². The largest absolute Gasteiger partial charge is 0.367 e. The van der Waals surface area contributed by atoms with E-state index in [1.54, 1.807) is 6.20 Å². The van der Waals surface area contributed by atoms with E-state index in [2.05, 4.69) is 16.0 Å². The Bertz CT molecular complexity index is 262. The fraction of sp³-hybridized carbons (Fsp3) is 0.125. The average Bonchev–Trinajstić information content (AvgIpc) is 2.60. The molecule has 0 atom stereocenters. The number of hydrogen-bond acceptors (Lipinski definition) is 1. The van der Waals surface area contributed by atoms with Crippen LogP contribution in [0.2, 0.25) is 0 Å². The first-order valence-electron chi connectivity index (χ1n) is 3.52. The summed E-state index contributed by atoms with van der Waals surface area (Å²) in [5.74, 6) is 0. The van der Waals surface area contributed by atoms with Gasteiger partial charge in [-0.15, -0.1) is 0 Å². The molecule has 0 bridgehead atoms. The van der Waals surface area contributed by atoms with Crippen molar-refractivity contribution in [1.29, 1.82) is 0 Å². The van der Waals surface area contributed by atoms with Crippen molar-refractivity contribution in [2.75, 3.05) is 0 Å². The third-order valence-corrected chi connectivity index (χ3v) is 1.59. The zero-order valence-electron chi connectivity index (χ0n) is 6.07. The van der Waals surface area contributed by atoms with Gasteiger partial charge in [-0.1, -0.05) is 0 Å². The minimum Gasteiger partial charge on any atom is -0.367 e. The topological polar surface area (TPSA) is 33.6 Å². The summed E-state index contributed by atoms with van der Waals surface area (Å²) in [4.78, 5) is 6.96. The van der Waals surface area contributed by atoms with Gasteiger partial charge in [0, 0.05) is 31.3 Å². The van der Waals surface area contributed by atoms with Crippen molar-refractivity contribution in [3.63, 3.8) is 0 Å². The molecule has 0 unspecified atom stereocenters. The van der Waals surface area contributed by atoms with Crippen LogP contribution in [-0.4, -0.2) is 14.5 Å². The molecule has 0 aliphatic carbocycles. The molecule has 0 aliphatic rings. The van der Waals surface area contributed by atoms with E-state index in [9.17, 15) is 0 Å². The predicted octanol–water partition coefficient (Wildman–Crippen LogP) is 1.26. The molecule has 0 aromatic carbocycles. The molecule has 0 fully saturated rings. The van der Waals surface area contributed by atoms with Crippen LogP contribution in [-0.2, 0) is 6.54 Å². The van der Waals surface area contributed by atoms with Crippen molar-refractivity contribution < 1.29 is 0 Å². The highest BCUT2D eigenvalue weighted by Crippen LogP contribution is 1.99. The van der Waals surface area contributed by atoms with Crippen LogP contribution in [0.3, 0.4) is 0 Å². The van der Waals surface area contributed by atoms with Crippen molar-refractivity contribution in [3.05, 3.63) is 42.7 Å². The van der Waals surface area contributed by atoms with Crippen molar-refractivity contribution in [2.24, 2.45) is 0 Å². The molecule has 0 aliphatic heterocycles. The van der Waals surface area contributed by atoms with Gasteiger partial charge < -0.3 is 9.55 Å². The van der Waals surface area contributed by atoms with Gasteiger partial charge in [0.2, 0.25) is 0 Å². The first-order valence-corrected chi connectivity index (χ1v) is 3.52. The van der Waals surface area contributed by atoms with Gasteiger partial charge in [-0.3, -0.25) is 0 Å². The molecule has 2 heterocycles. The van der Waals surface area contributed by atoms with Crippen LogP contribution >= 0.6 is 0 Å². The SMILES string of the molecule is c1cn(Cc2cc[nH]c2)cn1. The van der Waals surface area contributed by atoms with Crippen molar-refractivity contribution >= 4 is 0 Å². The van der Waals surface area contributed by atoms with E-state index in [-0.39, 0.29) is 0 Å². The average molecular weight is 147 g/mol. The predicted molar refractivity (Wildman–Crippen MR) is 42.1 cm³/mol. The molecule has 0 amide bonds. The molecule has 0 radical (unpaired) electrons. The summed E-state index contributed by atoms with van der Waals surface area (Å²) in [6.45, 7) is 0.892. The molecule has 11 heavy (non-hydrogen) atoms. The van der Waals surface area contributed by atoms with Gasteiger partial charge >= 0.3 is 0 Å². The molecule has 0 spiro atoms. The molecule has 3 heteroatoms. The second-order valence-electron chi connectivity index (χ2n) is 2.45. The summed E-state index contributed by atoms with van der Waals surface area (Å²) in [7, 11) is 0. The summed E-state index contributed by atoms with van der Waals surface area (Å²) in [6, 6.07) is 2.06. The Labute approximate surface area is 64.7 Å². The van der Waals surface area contributed by atoms with Gasteiger partial charge in [0.05, 0.1) is 6.33 Å². The van der Waals surface area contributed by atoms with Crippen LogP contribution in [0, 0.1) is 0 Å². The molecule has 2 rings (SSSR count). The Balaban J connectivity index is 2.14. The highest BCUT2D eigenvalue weighted by Gasteiger charge is 1.92. The zero-order chi connectivity index (χ0) is 7.52. The summed E-state index contributed by atoms with van der Waals surface area (Å²) < 4.78 is 2.03. The number of nitrogens with zero attached hydrogens (tertiary/aromatic N) is 2. The number of nitrogens with one attached hydrogen (secondary N) is 1. The second-order valence-corrected chi connectivity index (χ2v) is 2.45. The highest BCUT2D eigenvalue weighted by atomic mass is 15.0. The lowest BCUT2D eigenvalue weighted by atomic mass is 10.3. The second kappa shape index (κ2) is 2.62. The molecular formula is C8H9N3. The first-order chi connectivity index (χ1) is 5.45. The van der Waals surface area contributed by atoms with E-state index in [1.165, 1.54) is 5.56 Å². The van der Waals surface area contributed by atoms with E-state index >= 15 is 0 Å². The van der Waals surface area contributed by atoms with Gasteiger partial charge in [-0.05, 0) is 11.6 Å². The lowest BCUT2D eigenvalue weighted by Gasteiger charge is -1.96. The van der Waals surface area contributed by atoms with Crippen molar-refractivity contribution in [3.8, 4) is 0 Å². The van der Waals surface area contributed by atoms with Crippen molar-refractivity contribution in [2.45, 2.75) is 6.54 Å². The van der Waals surface area contributed by atoms with Crippen molar-refractivity contribution in [1.82, 2.24) is 14.5 Å². The smallest absolute Gasteiger partial charge is 0.0949 e. The lowest BCUT2D eigenvalue weighted by Crippen LogP contribution is -1.93. The number of aromatic nitrogens is 3. The fourth-order valence-electron chi connectivity index (χ4n) is 1.05. The van der Waals surface area contributed by atoms with E-state index in [0.29, 0.717) is 0 Å². The summed E-state index contributed by atoms with van der Waals surface area (Å²) in [6.07, 6.45) is 9.46. The van der Waals surface area contributed by atoms with E-state index in [0.717, 1.165) is 6.54 Å². The third kappa shape index (κ3) is 1.32. The third-order valence-electron chi connectivity index (χ3n) is 1.59. The number of aromatic amines is 1. The molecule has 0 saturated heterocycles. The van der Waals surface area contributed by atoms with Crippen LogP contribution in [0.1, 0.15) is 5.56 Å². The Kier molecular flexibility index (Phi) is 1.48. The summed E-state index contributed by atoms with van der Waals surface area (Å²) in [5.41, 5.74) is 1.27. The standard InChI is InChI=1S/C8H9N3/c1-2-9-5-8(1)6-11-4-3-10-7-11/h1-5,7,9H,6H2. The highest BCUT2D eigenvalue weighted by molar-refractivity contribution is 5.08.